The van der Waals surface area contributed by atoms with E-state index in [1.807, 2.05) is 18.7 Å². The van der Waals surface area contributed by atoms with Gasteiger partial charge in [0.2, 0.25) is 11.8 Å². The lowest BCUT2D eigenvalue weighted by atomic mass is 10.1. The van der Waals surface area contributed by atoms with Crippen molar-refractivity contribution in [1.29, 1.82) is 0 Å². The fourth-order valence-corrected chi connectivity index (χ4v) is 3.14. The molecule has 1 atom stereocenters. The van der Waals surface area contributed by atoms with E-state index in [2.05, 4.69) is 10.6 Å². The maximum absolute atomic E-state index is 12.5. The number of piperazine rings is 1. The highest BCUT2D eigenvalue weighted by Gasteiger charge is 2.33. The monoisotopic (exact) mass is 422 g/mol. The molecule has 1 aromatic rings. The van der Waals surface area contributed by atoms with Crippen molar-refractivity contribution in [1.82, 2.24) is 15.1 Å². The van der Waals surface area contributed by atoms with Gasteiger partial charge < -0.3 is 25.4 Å². The highest BCUT2D eigenvalue weighted by molar-refractivity contribution is 6.00. The lowest BCUT2D eigenvalue weighted by Crippen LogP contribution is -2.58. The van der Waals surface area contributed by atoms with Gasteiger partial charge in [-0.25, -0.2) is 0 Å². The van der Waals surface area contributed by atoms with Crippen molar-refractivity contribution in [3.8, 4) is 5.75 Å². The molecule has 0 spiro atoms. The van der Waals surface area contributed by atoms with E-state index in [9.17, 15) is 14.4 Å². The van der Waals surface area contributed by atoms with E-state index in [-0.39, 0.29) is 36.7 Å². The number of carboxylic acid groups (broad SMARTS) is 1. The molecule has 0 aliphatic carbocycles. The van der Waals surface area contributed by atoms with Gasteiger partial charge in [-0.05, 0) is 32.0 Å². The first-order chi connectivity index (χ1) is 14.2. The fourth-order valence-electron chi connectivity index (χ4n) is 3.14. The summed E-state index contributed by atoms with van der Waals surface area (Å²) in [6.07, 6.45) is 0.0486. The minimum absolute atomic E-state index is 0.0486. The van der Waals surface area contributed by atoms with Crippen LogP contribution in [0.5, 0.6) is 5.75 Å². The van der Waals surface area contributed by atoms with Gasteiger partial charge in [-0.1, -0.05) is 0 Å². The van der Waals surface area contributed by atoms with Crippen molar-refractivity contribution in [2.24, 2.45) is 0 Å². The topological polar surface area (TPSA) is 128 Å². The molecule has 0 bridgehead atoms. The molecule has 3 N–H and O–H groups in total. The van der Waals surface area contributed by atoms with Gasteiger partial charge in [-0.15, -0.1) is 0 Å². The Balaban J connectivity index is 0.00000141. The number of benzene rings is 1. The van der Waals surface area contributed by atoms with Crippen LogP contribution in [-0.4, -0.2) is 85.5 Å². The molecule has 0 radical (unpaired) electrons. The highest BCUT2D eigenvalue weighted by atomic mass is 16.5. The minimum Gasteiger partial charge on any atom is -0.496 e. The van der Waals surface area contributed by atoms with Crippen LogP contribution < -0.4 is 15.4 Å². The lowest BCUT2D eigenvalue weighted by molar-refractivity contribution is -0.133. The molecule has 1 unspecified atom stereocenters. The molecule has 10 heteroatoms. The molecule has 1 heterocycles. The van der Waals surface area contributed by atoms with Gasteiger partial charge in [0.15, 0.2) is 0 Å². The Bertz CT molecular complexity index is 766. The van der Waals surface area contributed by atoms with Crippen LogP contribution >= 0.6 is 0 Å². The summed E-state index contributed by atoms with van der Waals surface area (Å²) < 4.78 is 5.23. The summed E-state index contributed by atoms with van der Waals surface area (Å²) in [6.45, 7) is 5.06. The number of hydrogen-bond acceptors (Lipinski definition) is 6. The average molecular weight is 422 g/mol. The van der Waals surface area contributed by atoms with Gasteiger partial charge in [0.1, 0.15) is 5.75 Å². The van der Waals surface area contributed by atoms with Crippen molar-refractivity contribution in [3.05, 3.63) is 23.8 Å². The van der Waals surface area contributed by atoms with Crippen LogP contribution in [0.4, 0.5) is 5.69 Å². The third kappa shape index (κ3) is 6.73. The van der Waals surface area contributed by atoms with E-state index in [1.165, 1.54) is 12.0 Å². The van der Waals surface area contributed by atoms with Gasteiger partial charge >= 0.3 is 0 Å². The van der Waals surface area contributed by atoms with Gasteiger partial charge in [-0.2, -0.15) is 0 Å². The van der Waals surface area contributed by atoms with Gasteiger partial charge in [0.05, 0.1) is 25.1 Å². The van der Waals surface area contributed by atoms with Gasteiger partial charge in [-0.3, -0.25) is 24.1 Å². The third-order valence-corrected chi connectivity index (χ3v) is 4.53. The van der Waals surface area contributed by atoms with E-state index in [0.717, 1.165) is 0 Å². The second kappa shape index (κ2) is 11.8. The first-order valence-electron chi connectivity index (χ1n) is 9.47. The predicted molar refractivity (Wildman–Crippen MR) is 112 cm³/mol. The molecule has 0 saturated carbocycles. The first kappa shape index (κ1) is 24.9. The van der Waals surface area contributed by atoms with Crippen molar-refractivity contribution >= 4 is 29.9 Å². The number of carbonyl (C=O) groups excluding carboxylic acids is 3. The van der Waals surface area contributed by atoms with Gasteiger partial charge in [0.25, 0.3) is 12.4 Å². The zero-order valence-corrected chi connectivity index (χ0v) is 18.0. The summed E-state index contributed by atoms with van der Waals surface area (Å²) >= 11 is 0. The van der Waals surface area contributed by atoms with Crippen LogP contribution in [0.25, 0.3) is 0 Å². The Morgan fingerprint density at radius 3 is 2.57 bits per heavy atom. The van der Waals surface area contributed by atoms with Crippen molar-refractivity contribution in [2.75, 3.05) is 39.6 Å². The molecule has 3 amide bonds. The fraction of sp³-hybridized carbons (Fsp3) is 0.500. The molecular weight excluding hydrogens is 392 g/mol. The van der Waals surface area contributed by atoms with E-state index in [1.54, 1.807) is 32.3 Å². The summed E-state index contributed by atoms with van der Waals surface area (Å²) in [5, 5.41) is 12.5. The normalized spacial score (nSPS) is 16.1. The standard InChI is InChI=1S/C19H28N4O4.CH2O2/c1-12(2)23-9-8-20-18(25)15(23)11-17(24)21-13-6-7-16(27-5)14(10-13)19(26)22(3)4;2-1-3/h6-7,10,12,15H,8-9,11H2,1-5H3,(H,20,25)(H,21,24);1H,(H,2,3). The van der Waals surface area contributed by atoms with Crippen LogP contribution in [0.2, 0.25) is 0 Å². The molecule has 1 aromatic carbocycles. The van der Waals surface area contributed by atoms with Crippen LogP contribution in [0.15, 0.2) is 18.2 Å². The molecule has 1 aliphatic heterocycles. The number of ether oxygens (including phenoxy) is 1. The summed E-state index contributed by atoms with van der Waals surface area (Å²) in [7, 11) is 4.78. The third-order valence-electron chi connectivity index (χ3n) is 4.53. The quantitative estimate of drug-likeness (QED) is 0.574. The second-order valence-corrected chi connectivity index (χ2v) is 7.11. The Morgan fingerprint density at radius 1 is 1.40 bits per heavy atom. The largest absolute Gasteiger partial charge is 0.496 e. The zero-order chi connectivity index (χ0) is 22.8. The molecule has 0 aromatic heterocycles. The van der Waals surface area contributed by atoms with Crippen molar-refractivity contribution in [2.45, 2.75) is 32.4 Å². The lowest BCUT2D eigenvalue weighted by Gasteiger charge is -2.37. The van der Waals surface area contributed by atoms with Crippen molar-refractivity contribution < 1.29 is 29.0 Å². The maximum atomic E-state index is 12.5. The Labute approximate surface area is 176 Å². The van der Waals surface area contributed by atoms with Crippen LogP contribution in [0.3, 0.4) is 0 Å². The number of anilines is 1. The SMILES string of the molecule is COc1ccc(NC(=O)CC2C(=O)NCCN2C(C)C)cc1C(=O)N(C)C.O=CO. The summed E-state index contributed by atoms with van der Waals surface area (Å²) in [5.41, 5.74) is 0.845. The molecule has 1 fully saturated rings. The number of methoxy groups -OCH3 is 1. The van der Waals surface area contributed by atoms with Crippen LogP contribution in [-0.2, 0) is 14.4 Å². The second-order valence-electron chi connectivity index (χ2n) is 7.11. The highest BCUT2D eigenvalue weighted by Crippen LogP contribution is 2.24. The number of rotatable bonds is 6. The molecule has 1 aliphatic rings. The first-order valence-corrected chi connectivity index (χ1v) is 9.47. The molecule has 10 nitrogen and oxygen atoms in total. The zero-order valence-electron chi connectivity index (χ0n) is 18.0. The van der Waals surface area contributed by atoms with E-state index in [0.29, 0.717) is 30.1 Å². The predicted octanol–water partition coefficient (Wildman–Crippen LogP) is 0.635. The van der Waals surface area contributed by atoms with E-state index < -0.39 is 6.04 Å². The molecule has 30 heavy (non-hydrogen) atoms. The number of carbonyl (C=O) groups is 4. The molecular formula is C20H30N4O6. The van der Waals surface area contributed by atoms with Crippen molar-refractivity contribution in [3.63, 3.8) is 0 Å². The molecule has 166 valence electrons. The molecule has 1 saturated heterocycles. The number of nitrogens with zero attached hydrogens (tertiary/aromatic N) is 2. The molecule has 2 rings (SSSR count). The maximum Gasteiger partial charge on any atom is 0.290 e. The van der Waals surface area contributed by atoms with E-state index >= 15 is 0 Å². The average Bonchev–Trinajstić information content (AvgIpc) is 2.69. The number of nitrogens with one attached hydrogen (secondary N) is 2. The number of hydrogen-bond donors (Lipinski definition) is 3. The van der Waals surface area contributed by atoms with E-state index in [4.69, 9.17) is 14.6 Å². The van der Waals surface area contributed by atoms with Crippen LogP contribution in [0.1, 0.15) is 30.6 Å². The Morgan fingerprint density at radius 2 is 2.03 bits per heavy atom. The Kier molecular flexibility index (Phi) is 9.76. The van der Waals surface area contributed by atoms with Crippen LogP contribution in [0, 0.1) is 0 Å². The summed E-state index contributed by atoms with van der Waals surface area (Å²) in [5.74, 6) is -0.204. The Hall–Kier alpha value is -3.14. The minimum atomic E-state index is -0.500. The van der Waals surface area contributed by atoms with Gasteiger partial charge in [0, 0.05) is 38.9 Å². The summed E-state index contributed by atoms with van der Waals surface area (Å²) in [4.78, 5) is 48.9. The summed E-state index contributed by atoms with van der Waals surface area (Å²) in [6, 6.07) is 4.56. The number of amides is 3. The smallest absolute Gasteiger partial charge is 0.290 e.